The zero-order valence-electron chi connectivity index (χ0n) is 10.8. The van der Waals surface area contributed by atoms with Gasteiger partial charge in [0, 0.05) is 0 Å². The summed E-state index contributed by atoms with van der Waals surface area (Å²) in [4.78, 5) is 11.9. The van der Waals surface area contributed by atoms with E-state index < -0.39 is 0 Å². The molecule has 17 heavy (non-hydrogen) atoms. The summed E-state index contributed by atoms with van der Waals surface area (Å²) in [6, 6.07) is 9.50. The first-order valence-electron chi connectivity index (χ1n) is 6.09. The maximum atomic E-state index is 11.9. The lowest BCUT2D eigenvalue weighted by Crippen LogP contribution is -2.41. The number of nitrogens with one attached hydrogen (secondary N) is 1. The minimum Gasteiger partial charge on any atom is -0.460 e. The summed E-state index contributed by atoms with van der Waals surface area (Å²) in [5.74, 6) is 0.0592. The van der Waals surface area contributed by atoms with Crippen LogP contribution in [-0.4, -0.2) is 18.6 Å². The number of carbonyl (C=O) groups excluding carboxylic acids is 1. The number of esters is 1. The summed E-state index contributed by atoms with van der Waals surface area (Å²) in [5, 5.41) is 3.14. The molecule has 1 aromatic carbocycles. The van der Waals surface area contributed by atoms with E-state index in [-0.39, 0.29) is 17.9 Å². The minimum atomic E-state index is -0.219. The number of carbonyl (C=O) groups is 1. The number of rotatable bonds is 6. The molecular weight excluding hydrogens is 214 g/mol. The third-order valence-corrected chi connectivity index (χ3v) is 2.57. The molecule has 3 heteroatoms. The fourth-order valence-electron chi connectivity index (χ4n) is 1.63. The average Bonchev–Trinajstić information content (AvgIpc) is 2.34. The van der Waals surface area contributed by atoms with Crippen LogP contribution in [-0.2, 0) is 16.1 Å². The van der Waals surface area contributed by atoms with E-state index in [0.717, 1.165) is 12.1 Å². The second-order valence-electron chi connectivity index (χ2n) is 4.37. The Bertz CT molecular complexity index is 335. The highest BCUT2D eigenvalue weighted by Crippen LogP contribution is 2.07. The van der Waals surface area contributed by atoms with Crippen molar-refractivity contribution in [2.75, 3.05) is 6.54 Å². The Hall–Kier alpha value is -1.35. The van der Waals surface area contributed by atoms with Gasteiger partial charge in [0.1, 0.15) is 12.6 Å². The molecule has 0 saturated heterocycles. The summed E-state index contributed by atoms with van der Waals surface area (Å²) in [7, 11) is 0. The normalized spacial score (nSPS) is 12.5. The molecule has 0 aliphatic rings. The molecule has 0 aromatic heterocycles. The molecule has 3 nitrogen and oxygen atoms in total. The van der Waals surface area contributed by atoms with Gasteiger partial charge in [0.15, 0.2) is 0 Å². The average molecular weight is 235 g/mol. The first-order valence-corrected chi connectivity index (χ1v) is 6.09. The lowest BCUT2D eigenvalue weighted by molar-refractivity contribution is -0.148. The van der Waals surface area contributed by atoms with Crippen LogP contribution in [0.2, 0.25) is 0 Å². The molecule has 0 amide bonds. The lowest BCUT2D eigenvalue weighted by atomic mass is 10.0. The molecule has 1 unspecified atom stereocenters. The highest BCUT2D eigenvalue weighted by Gasteiger charge is 2.22. The van der Waals surface area contributed by atoms with Crippen LogP contribution < -0.4 is 5.32 Å². The Morgan fingerprint density at radius 2 is 1.94 bits per heavy atom. The van der Waals surface area contributed by atoms with E-state index in [4.69, 9.17) is 4.74 Å². The van der Waals surface area contributed by atoms with Crippen LogP contribution >= 0.6 is 0 Å². The Balaban J connectivity index is 2.47. The molecule has 0 saturated carbocycles. The molecule has 1 rings (SSSR count). The lowest BCUT2D eigenvalue weighted by Gasteiger charge is -2.19. The van der Waals surface area contributed by atoms with E-state index >= 15 is 0 Å². The smallest absolute Gasteiger partial charge is 0.323 e. The van der Waals surface area contributed by atoms with Crippen LogP contribution in [0, 0.1) is 5.92 Å². The molecule has 1 atom stereocenters. The molecule has 0 fully saturated rings. The summed E-state index contributed by atoms with van der Waals surface area (Å²) in [6.07, 6.45) is 0. The van der Waals surface area contributed by atoms with Gasteiger partial charge in [-0.1, -0.05) is 51.1 Å². The first kappa shape index (κ1) is 13.7. The highest BCUT2D eigenvalue weighted by molar-refractivity contribution is 5.76. The number of ether oxygens (including phenoxy) is 1. The van der Waals surface area contributed by atoms with Crippen molar-refractivity contribution in [2.24, 2.45) is 5.92 Å². The Morgan fingerprint density at radius 1 is 1.29 bits per heavy atom. The highest BCUT2D eigenvalue weighted by atomic mass is 16.5. The Labute approximate surface area is 103 Å². The van der Waals surface area contributed by atoms with Crippen LogP contribution in [0.15, 0.2) is 30.3 Å². The fourth-order valence-corrected chi connectivity index (χ4v) is 1.63. The quantitative estimate of drug-likeness (QED) is 0.769. The van der Waals surface area contributed by atoms with E-state index in [9.17, 15) is 4.79 Å². The summed E-state index contributed by atoms with van der Waals surface area (Å²) >= 11 is 0. The van der Waals surface area contributed by atoms with E-state index in [2.05, 4.69) is 5.32 Å². The topological polar surface area (TPSA) is 38.3 Å². The van der Waals surface area contributed by atoms with Crippen molar-refractivity contribution in [1.82, 2.24) is 5.32 Å². The van der Waals surface area contributed by atoms with Gasteiger partial charge in [0.05, 0.1) is 0 Å². The largest absolute Gasteiger partial charge is 0.460 e. The SMILES string of the molecule is CCNC(C(=O)OCc1ccccc1)C(C)C. The predicted octanol–water partition coefficient (Wildman–Crippen LogP) is 2.36. The van der Waals surface area contributed by atoms with Crippen LogP contribution in [0.3, 0.4) is 0 Å². The second-order valence-corrected chi connectivity index (χ2v) is 4.37. The predicted molar refractivity (Wildman–Crippen MR) is 68.5 cm³/mol. The maximum Gasteiger partial charge on any atom is 0.323 e. The van der Waals surface area contributed by atoms with E-state index in [1.807, 2.05) is 51.1 Å². The summed E-state index contributed by atoms with van der Waals surface area (Å²) in [5.41, 5.74) is 1.01. The molecule has 0 aliphatic carbocycles. The van der Waals surface area contributed by atoms with Crippen molar-refractivity contribution in [1.29, 1.82) is 0 Å². The van der Waals surface area contributed by atoms with Crippen LogP contribution in [0.5, 0.6) is 0 Å². The van der Waals surface area contributed by atoms with Crippen molar-refractivity contribution in [2.45, 2.75) is 33.4 Å². The minimum absolute atomic E-state index is 0.175. The number of likely N-dealkylation sites (N-methyl/N-ethyl adjacent to an activating group) is 1. The van der Waals surface area contributed by atoms with Gasteiger partial charge in [-0.3, -0.25) is 4.79 Å². The first-order chi connectivity index (χ1) is 8.15. The third-order valence-electron chi connectivity index (χ3n) is 2.57. The van der Waals surface area contributed by atoms with Gasteiger partial charge in [-0.2, -0.15) is 0 Å². The molecule has 0 aliphatic heterocycles. The van der Waals surface area contributed by atoms with Gasteiger partial charge < -0.3 is 10.1 Å². The molecule has 1 aromatic rings. The zero-order chi connectivity index (χ0) is 12.7. The van der Waals surface area contributed by atoms with Crippen molar-refractivity contribution >= 4 is 5.97 Å². The van der Waals surface area contributed by atoms with Crippen molar-refractivity contribution < 1.29 is 9.53 Å². The molecule has 0 heterocycles. The van der Waals surface area contributed by atoms with E-state index in [0.29, 0.717) is 6.61 Å². The molecule has 1 N–H and O–H groups in total. The number of hydrogen-bond acceptors (Lipinski definition) is 3. The van der Waals surface area contributed by atoms with Crippen molar-refractivity contribution in [3.63, 3.8) is 0 Å². The third kappa shape index (κ3) is 4.57. The molecule has 94 valence electrons. The Kier molecular flexibility index (Phi) is 5.70. The van der Waals surface area contributed by atoms with Gasteiger partial charge in [0.25, 0.3) is 0 Å². The zero-order valence-corrected chi connectivity index (χ0v) is 10.8. The van der Waals surface area contributed by atoms with Crippen LogP contribution in [0.4, 0.5) is 0 Å². The van der Waals surface area contributed by atoms with Gasteiger partial charge >= 0.3 is 5.97 Å². The maximum absolute atomic E-state index is 11.9. The van der Waals surface area contributed by atoms with Crippen LogP contribution in [0.1, 0.15) is 26.3 Å². The number of hydrogen-bond donors (Lipinski definition) is 1. The summed E-state index contributed by atoms with van der Waals surface area (Å²) < 4.78 is 5.30. The Morgan fingerprint density at radius 3 is 2.47 bits per heavy atom. The van der Waals surface area contributed by atoms with Crippen molar-refractivity contribution in [3.05, 3.63) is 35.9 Å². The second kappa shape index (κ2) is 7.07. The molecular formula is C14H21NO2. The molecule has 0 spiro atoms. The molecule has 0 bridgehead atoms. The van der Waals surface area contributed by atoms with Crippen molar-refractivity contribution in [3.8, 4) is 0 Å². The van der Waals surface area contributed by atoms with Crippen LogP contribution in [0.25, 0.3) is 0 Å². The van der Waals surface area contributed by atoms with Gasteiger partial charge in [-0.25, -0.2) is 0 Å². The fraction of sp³-hybridized carbons (Fsp3) is 0.500. The molecule has 0 radical (unpaired) electrons. The summed E-state index contributed by atoms with van der Waals surface area (Å²) in [6.45, 7) is 7.12. The monoisotopic (exact) mass is 235 g/mol. The van der Waals surface area contributed by atoms with Gasteiger partial charge in [-0.15, -0.1) is 0 Å². The van der Waals surface area contributed by atoms with E-state index in [1.165, 1.54) is 0 Å². The number of benzene rings is 1. The van der Waals surface area contributed by atoms with E-state index in [1.54, 1.807) is 0 Å². The standard InChI is InChI=1S/C14H21NO2/c1-4-15-13(11(2)3)14(16)17-10-12-8-6-5-7-9-12/h5-9,11,13,15H,4,10H2,1-3H3. The van der Waals surface area contributed by atoms with Gasteiger partial charge in [0.2, 0.25) is 0 Å². The van der Waals surface area contributed by atoms with Gasteiger partial charge in [-0.05, 0) is 18.0 Å².